The fourth-order valence-corrected chi connectivity index (χ4v) is 3.73. The maximum Gasteiger partial charge on any atom is 0.193 e. The summed E-state index contributed by atoms with van der Waals surface area (Å²) < 4.78 is 29.6. The minimum Gasteiger partial charge on any atom is -0.367 e. The van der Waals surface area contributed by atoms with Gasteiger partial charge in [0.05, 0.1) is 28.2 Å². The van der Waals surface area contributed by atoms with Crippen LogP contribution in [0, 0.1) is 23.0 Å². The molecule has 0 radical (unpaired) electrons. The van der Waals surface area contributed by atoms with E-state index >= 15 is 4.39 Å². The fourth-order valence-electron chi connectivity index (χ4n) is 3.51. The second-order valence-corrected chi connectivity index (χ2v) is 6.90. The predicted octanol–water partition coefficient (Wildman–Crippen LogP) is 4.60. The highest BCUT2D eigenvalue weighted by Gasteiger charge is 2.24. The number of pyridine rings is 1. The molecule has 0 bridgehead atoms. The smallest absolute Gasteiger partial charge is 0.193 e. The molecular formula is C20H14ClF2N3O. The Kier molecular flexibility index (Phi) is 4.33. The lowest BCUT2D eigenvalue weighted by Gasteiger charge is -2.20. The SMILES string of the molecule is N#Cc1ccc(Cl)c(-c2cc(=O)c3c(F)c(N4CCCC4)c(F)cc3[nH]2)c1. The molecular weight excluding hydrogens is 372 g/mol. The molecule has 0 aliphatic carbocycles. The first-order chi connectivity index (χ1) is 13.0. The Morgan fingerprint density at radius 3 is 2.59 bits per heavy atom. The van der Waals surface area contributed by atoms with Gasteiger partial charge in [0, 0.05) is 35.8 Å². The number of hydrogen-bond acceptors (Lipinski definition) is 3. The van der Waals surface area contributed by atoms with Crippen LogP contribution in [0.5, 0.6) is 0 Å². The van der Waals surface area contributed by atoms with Crippen LogP contribution < -0.4 is 10.3 Å². The summed E-state index contributed by atoms with van der Waals surface area (Å²) in [5.74, 6) is -1.57. The molecule has 4 nitrogen and oxygen atoms in total. The average Bonchev–Trinajstić information content (AvgIpc) is 3.15. The monoisotopic (exact) mass is 385 g/mol. The number of anilines is 1. The van der Waals surface area contributed by atoms with Gasteiger partial charge in [-0.1, -0.05) is 11.6 Å². The highest BCUT2D eigenvalue weighted by atomic mass is 35.5. The van der Waals surface area contributed by atoms with Gasteiger partial charge in [0.25, 0.3) is 0 Å². The number of rotatable bonds is 2. The van der Waals surface area contributed by atoms with Gasteiger partial charge in [-0.25, -0.2) is 8.78 Å². The number of hydrogen-bond donors (Lipinski definition) is 1. The zero-order valence-electron chi connectivity index (χ0n) is 14.2. The molecule has 0 saturated carbocycles. The molecule has 0 amide bonds. The summed E-state index contributed by atoms with van der Waals surface area (Å²) in [6, 6.07) is 8.96. The Morgan fingerprint density at radius 1 is 1.15 bits per heavy atom. The van der Waals surface area contributed by atoms with Crippen LogP contribution in [-0.2, 0) is 0 Å². The minimum atomic E-state index is -0.850. The summed E-state index contributed by atoms with van der Waals surface area (Å²) in [5, 5.41) is 9.20. The van der Waals surface area contributed by atoms with Crippen LogP contribution in [0.15, 0.2) is 35.1 Å². The van der Waals surface area contributed by atoms with Gasteiger partial charge in [-0.3, -0.25) is 4.79 Å². The van der Waals surface area contributed by atoms with Gasteiger partial charge in [-0.05, 0) is 31.0 Å². The molecule has 27 heavy (non-hydrogen) atoms. The molecule has 136 valence electrons. The van der Waals surface area contributed by atoms with Crippen LogP contribution in [-0.4, -0.2) is 18.1 Å². The zero-order valence-corrected chi connectivity index (χ0v) is 14.9. The van der Waals surface area contributed by atoms with E-state index in [0.717, 1.165) is 18.9 Å². The van der Waals surface area contributed by atoms with Crippen molar-refractivity contribution in [2.24, 2.45) is 0 Å². The number of nitriles is 1. The van der Waals surface area contributed by atoms with Crippen LogP contribution >= 0.6 is 11.6 Å². The van der Waals surface area contributed by atoms with E-state index in [0.29, 0.717) is 34.9 Å². The van der Waals surface area contributed by atoms with Gasteiger partial charge in [0.1, 0.15) is 5.69 Å². The molecule has 0 spiro atoms. The van der Waals surface area contributed by atoms with Crippen molar-refractivity contribution in [3.8, 4) is 17.3 Å². The van der Waals surface area contributed by atoms with E-state index in [4.69, 9.17) is 16.9 Å². The first kappa shape index (κ1) is 17.5. The summed E-state index contributed by atoms with van der Waals surface area (Å²) in [5.41, 5.74) is 0.394. The predicted molar refractivity (Wildman–Crippen MR) is 101 cm³/mol. The molecule has 1 aliphatic rings. The summed E-state index contributed by atoms with van der Waals surface area (Å²) in [4.78, 5) is 17.1. The van der Waals surface area contributed by atoms with Gasteiger partial charge in [0.2, 0.25) is 0 Å². The van der Waals surface area contributed by atoms with Crippen LogP contribution in [0.4, 0.5) is 14.5 Å². The van der Waals surface area contributed by atoms with Gasteiger partial charge >= 0.3 is 0 Å². The second-order valence-electron chi connectivity index (χ2n) is 6.49. The highest BCUT2D eigenvalue weighted by molar-refractivity contribution is 6.33. The number of fused-ring (bicyclic) bond motifs is 1. The lowest BCUT2D eigenvalue weighted by atomic mass is 10.1. The van der Waals surface area contributed by atoms with E-state index in [1.807, 2.05) is 6.07 Å². The standard InChI is InChI=1S/C20H14ClF2N3O/c21-13-4-3-11(10-24)7-12(13)15-9-17(27)18-16(25-15)8-14(22)20(19(18)23)26-5-1-2-6-26/h3-4,7-9H,1-2,5-6H2,(H,25,27). The Morgan fingerprint density at radius 2 is 1.89 bits per heavy atom. The Hall–Kier alpha value is -2.91. The summed E-state index contributed by atoms with van der Waals surface area (Å²) in [6.45, 7) is 1.12. The van der Waals surface area contributed by atoms with Crippen molar-refractivity contribution in [3.05, 3.63) is 62.8 Å². The lowest BCUT2D eigenvalue weighted by molar-refractivity contribution is 0.585. The number of H-pyrrole nitrogens is 1. The molecule has 1 aromatic heterocycles. The van der Waals surface area contributed by atoms with Crippen molar-refractivity contribution >= 4 is 28.2 Å². The molecule has 7 heteroatoms. The number of aromatic amines is 1. The van der Waals surface area contributed by atoms with E-state index in [1.165, 1.54) is 18.2 Å². The van der Waals surface area contributed by atoms with E-state index < -0.39 is 17.1 Å². The van der Waals surface area contributed by atoms with Crippen molar-refractivity contribution in [2.75, 3.05) is 18.0 Å². The Balaban J connectivity index is 1.95. The largest absolute Gasteiger partial charge is 0.367 e. The third kappa shape index (κ3) is 2.94. The van der Waals surface area contributed by atoms with E-state index in [1.54, 1.807) is 11.0 Å². The normalized spacial score (nSPS) is 13.9. The highest BCUT2D eigenvalue weighted by Crippen LogP contribution is 2.33. The summed E-state index contributed by atoms with van der Waals surface area (Å²) >= 11 is 6.18. The maximum absolute atomic E-state index is 15.0. The van der Waals surface area contributed by atoms with E-state index in [9.17, 15) is 9.18 Å². The fraction of sp³-hybridized carbons (Fsp3) is 0.200. The number of halogens is 3. The molecule has 4 rings (SSSR count). The summed E-state index contributed by atoms with van der Waals surface area (Å²) in [6.07, 6.45) is 1.72. The third-order valence-corrected chi connectivity index (χ3v) is 5.12. The molecule has 1 saturated heterocycles. The molecule has 3 aromatic rings. The van der Waals surface area contributed by atoms with Crippen LogP contribution in [0.3, 0.4) is 0 Å². The van der Waals surface area contributed by atoms with Gasteiger partial charge in [0.15, 0.2) is 17.1 Å². The van der Waals surface area contributed by atoms with Gasteiger partial charge in [-0.15, -0.1) is 0 Å². The van der Waals surface area contributed by atoms with Crippen LogP contribution in [0.25, 0.3) is 22.2 Å². The van der Waals surface area contributed by atoms with Crippen LogP contribution in [0.1, 0.15) is 18.4 Å². The van der Waals surface area contributed by atoms with Crippen molar-refractivity contribution in [3.63, 3.8) is 0 Å². The average molecular weight is 386 g/mol. The Labute approximate surface area is 158 Å². The lowest BCUT2D eigenvalue weighted by Crippen LogP contribution is -2.21. The molecule has 1 N–H and O–H groups in total. The Bertz CT molecular complexity index is 1160. The maximum atomic E-state index is 15.0. The number of nitrogens with zero attached hydrogens (tertiary/aromatic N) is 2. The molecule has 1 aliphatic heterocycles. The van der Waals surface area contributed by atoms with E-state index in [-0.39, 0.29) is 16.6 Å². The number of benzene rings is 2. The molecule has 2 aromatic carbocycles. The number of aromatic nitrogens is 1. The van der Waals surface area contributed by atoms with Crippen molar-refractivity contribution in [1.29, 1.82) is 5.26 Å². The molecule has 0 atom stereocenters. The summed E-state index contributed by atoms with van der Waals surface area (Å²) in [7, 11) is 0. The molecule has 0 unspecified atom stereocenters. The van der Waals surface area contributed by atoms with E-state index in [2.05, 4.69) is 4.98 Å². The second kappa shape index (κ2) is 6.67. The molecule has 2 heterocycles. The number of nitrogens with one attached hydrogen (secondary N) is 1. The van der Waals surface area contributed by atoms with Gasteiger partial charge in [-0.2, -0.15) is 5.26 Å². The molecule has 1 fully saturated rings. The first-order valence-electron chi connectivity index (χ1n) is 8.49. The van der Waals surface area contributed by atoms with Gasteiger partial charge < -0.3 is 9.88 Å². The van der Waals surface area contributed by atoms with Crippen molar-refractivity contribution < 1.29 is 8.78 Å². The third-order valence-electron chi connectivity index (χ3n) is 4.79. The first-order valence-corrected chi connectivity index (χ1v) is 8.87. The quantitative estimate of drug-likeness (QED) is 0.701. The van der Waals surface area contributed by atoms with Crippen molar-refractivity contribution in [1.82, 2.24) is 4.98 Å². The zero-order chi connectivity index (χ0) is 19.1. The van der Waals surface area contributed by atoms with Crippen molar-refractivity contribution in [2.45, 2.75) is 12.8 Å². The topological polar surface area (TPSA) is 59.9 Å². The minimum absolute atomic E-state index is 0.0499. The van der Waals surface area contributed by atoms with Crippen LogP contribution in [0.2, 0.25) is 5.02 Å².